The summed E-state index contributed by atoms with van der Waals surface area (Å²) >= 11 is 10.7. The minimum absolute atomic E-state index is 0.0605. The predicted octanol–water partition coefficient (Wildman–Crippen LogP) is 2.15. The van der Waals surface area contributed by atoms with Gasteiger partial charge in [0.1, 0.15) is 5.75 Å². The Hall–Kier alpha value is -1.33. The topological polar surface area (TPSA) is 64.3 Å². The third-order valence-electron chi connectivity index (χ3n) is 2.58. The summed E-state index contributed by atoms with van der Waals surface area (Å²) in [5.41, 5.74) is 5.16. The van der Waals surface area contributed by atoms with Crippen LogP contribution in [0.3, 0.4) is 0 Å². The molecule has 104 valence electrons. The molecule has 0 heterocycles. The van der Waals surface area contributed by atoms with Gasteiger partial charge in [-0.3, -0.25) is 4.79 Å². The van der Waals surface area contributed by atoms with E-state index in [1.807, 2.05) is 13.8 Å². The van der Waals surface area contributed by atoms with Gasteiger partial charge in [0.05, 0.1) is 4.99 Å². The van der Waals surface area contributed by atoms with E-state index in [0.717, 1.165) is 0 Å². The summed E-state index contributed by atoms with van der Waals surface area (Å²) in [5.74, 6) is 0.368. The van der Waals surface area contributed by atoms with E-state index in [4.69, 9.17) is 34.3 Å². The van der Waals surface area contributed by atoms with Crippen LogP contribution in [0.2, 0.25) is 5.02 Å². The molecule has 6 heteroatoms. The SMILES string of the molecule is CC(C)(CNC(=O)COc1ccc(Cl)cc1)C(N)=S. The van der Waals surface area contributed by atoms with Crippen LogP contribution in [0.4, 0.5) is 0 Å². The van der Waals surface area contributed by atoms with E-state index in [-0.39, 0.29) is 12.5 Å². The van der Waals surface area contributed by atoms with Gasteiger partial charge in [0.15, 0.2) is 6.61 Å². The minimum atomic E-state index is -0.411. The van der Waals surface area contributed by atoms with Crippen LogP contribution < -0.4 is 15.8 Å². The maximum atomic E-state index is 11.6. The number of rotatable bonds is 6. The Labute approximate surface area is 123 Å². The number of carbonyl (C=O) groups is 1. The Balaban J connectivity index is 2.36. The number of halogens is 1. The lowest BCUT2D eigenvalue weighted by molar-refractivity contribution is -0.123. The number of benzene rings is 1. The Morgan fingerprint density at radius 2 is 2.00 bits per heavy atom. The molecule has 0 atom stereocenters. The number of amides is 1. The van der Waals surface area contributed by atoms with Crippen molar-refractivity contribution >= 4 is 34.7 Å². The minimum Gasteiger partial charge on any atom is -0.484 e. The maximum absolute atomic E-state index is 11.6. The zero-order chi connectivity index (χ0) is 14.5. The second-order valence-corrected chi connectivity index (χ2v) is 5.64. The number of hydrogen-bond acceptors (Lipinski definition) is 3. The third kappa shape index (κ3) is 5.44. The summed E-state index contributed by atoms with van der Waals surface area (Å²) in [6.45, 7) is 4.06. The van der Waals surface area contributed by atoms with Crippen LogP contribution in [-0.2, 0) is 4.79 Å². The molecule has 0 aliphatic heterocycles. The Morgan fingerprint density at radius 3 is 2.53 bits per heavy atom. The highest BCUT2D eigenvalue weighted by Crippen LogP contribution is 2.15. The van der Waals surface area contributed by atoms with Crippen molar-refractivity contribution in [2.45, 2.75) is 13.8 Å². The summed E-state index contributed by atoms with van der Waals surface area (Å²) in [6.07, 6.45) is 0. The maximum Gasteiger partial charge on any atom is 0.257 e. The molecule has 0 spiro atoms. The van der Waals surface area contributed by atoms with Crippen LogP contribution in [0.5, 0.6) is 5.75 Å². The molecule has 1 amide bonds. The first-order valence-corrected chi connectivity index (χ1v) is 6.55. The molecular formula is C13H17ClN2O2S. The molecule has 0 aliphatic carbocycles. The van der Waals surface area contributed by atoms with Crippen molar-refractivity contribution in [1.82, 2.24) is 5.32 Å². The average Bonchev–Trinajstić information content (AvgIpc) is 2.35. The molecule has 1 rings (SSSR count). The molecule has 0 radical (unpaired) electrons. The van der Waals surface area contributed by atoms with Crippen molar-refractivity contribution in [1.29, 1.82) is 0 Å². The van der Waals surface area contributed by atoms with E-state index in [9.17, 15) is 4.79 Å². The van der Waals surface area contributed by atoms with Crippen molar-refractivity contribution in [2.24, 2.45) is 11.1 Å². The fraction of sp³-hybridized carbons (Fsp3) is 0.385. The highest BCUT2D eigenvalue weighted by Gasteiger charge is 2.22. The Kier molecular flexibility index (Phi) is 5.57. The van der Waals surface area contributed by atoms with Gasteiger partial charge < -0.3 is 15.8 Å². The van der Waals surface area contributed by atoms with Gasteiger partial charge in [-0.2, -0.15) is 0 Å². The quantitative estimate of drug-likeness (QED) is 0.790. The fourth-order valence-electron chi connectivity index (χ4n) is 1.14. The highest BCUT2D eigenvalue weighted by molar-refractivity contribution is 7.80. The van der Waals surface area contributed by atoms with Crippen LogP contribution in [0.15, 0.2) is 24.3 Å². The van der Waals surface area contributed by atoms with Crippen LogP contribution in [0.1, 0.15) is 13.8 Å². The number of thiocarbonyl (C=S) groups is 1. The molecule has 1 aromatic rings. The normalized spacial score (nSPS) is 10.9. The summed E-state index contributed by atoms with van der Waals surface area (Å²) in [7, 11) is 0. The van der Waals surface area contributed by atoms with Crippen LogP contribution in [-0.4, -0.2) is 24.0 Å². The molecule has 0 aromatic heterocycles. The largest absolute Gasteiger partial charge is 0.484 e. The predicted molar refractivity (Wildman–Crippen MR) is 80.5 cm³/mol. The van der Waals surface area contributed by atoms with Gasteiger partial charge in [-0.15, -0.1) is 0 Å². The zero-order valence-electron chi connectivity index (χ0n) is 10.9. The van der Waals surface area contributed by atoms with E-state index in [1.54, 1.807) is 24.3 Å². The molecular weight excluding hydrogens is 284 g/mol. The van der Waals surface area contributed by atoms with Crippen LogP contribution >= 0.6 is 23.8 Å². The van der Waals surface area contributed by atoms with Gasteiger partial charge in [-0.1, -0.05) is 37.7 Å². The number of hydrogen-bond donors (Lipinski definition) is 2. The third-order valence-corrected chi connectivity index (χ3v) is 3.38. The first-order valence-electron chi connectivity index (χ1n) is 5.76. The van der Waals surface area contributed by atoms with E-state index >= 15 is 0 Å². The molecule has 4 nitrogen and oxygen atoms in total. The molecule has 0 unspecified atom stereocenters. The van der Waals surface area contributed by atoms with E-state index in [0.29, 0.717) is 22.3 Å². The summed E-state index contributed by atoms with van der Waals surface area (Å²) in [4.78, 5) is 12.0. The fourth-order valence-corrected chi connectivity index (χ4v) is 1.34. The van der Waals surface area contributed by atoms with E-state index < -0.39 is 5.41 Å². The molecule has 1 aromatic carbocycles. The van der Waals surface area contributed by atoms with Crippen molar-refractivity contribution < 1.29 is 9.53 Å². The lowest BCUT2D eigenvalue weighted by Gasteiger charge is -2.23. The van der Waals surface area contributed by atoms with Gasteiger partial charge in [-0.05, 0) is 24.3 Å². The second-order valence-electron chi connectivity index (χ2n) is 4.77. The molecule has 19 heavy (non-hydrogen) atoms. The van der Waals surface area contributed by atoms with Crippen molar-refractivity contribution in [3.63, 3.8) is 0 Å². The van der Waals surface area contributed by atoms with Gasteiger partial charge in [-0.25, -0.2) is 0 Å². The van der Waals surface area contributed by atoms with Crippen LogP contribution in [0.25, 0.3) is 0 Å². The van der Waals surface area contributed by atoms with Gasteiger partial charge in [0.2, 0.25) is 0 Å². The lowest BCUT2D eigenvalue weighted by atomic mass is 9.94. The van der Waals surface area contributed by atoms with Gasteiger partial charge in [0.25, 0.3) is 5.91 Å². The van der Waals surface area contributed by atoms with Crippen molar-refractivity contribution in [3.8, 4) is 5.75 Å². The first kappa shape index (κ1) is 15.7. The Bertz CT molecular complexity index is 460. The molecule has 3 N–H and O–H groups in total. The second kappa shape index (κ2) is 6.73. The van der Waals surface area contributed by atoms with Gasteiger partial charge >= 0.3 is 0 Å². The summed E-state index contributed by atoms with van der Waals surface area (Å²) < 4.78 is 5.31. The summed E-state index contributed by atoms with van der Waals surface area (Å²) in [6, 6.07) is 6.80. The number of nitrogens with one attached hydrogen (secondary N) is 1. The van der Waals surface area contributed by atoms with Gasteiger partial charge in [0, 0.05) is 17.0 Å². The zero-order valence-corrected chi connectivity index (χ0v) is 12.5. The monoisotopic (exact) mass is 300 g/mol. The van der Waals surface area contributed by atoms with E-state index in [1.165, 1.54) is 0 Å². The smallest absolute Gasteiger partial charge is 0.257 e. The molecule has 0 bridgehead atoms. The highest BCUT2D eigenvalue weighted by atomic mass is 35.5. The number of carbonyl (C=O) groups excluding carboxylic acids is 1. The number of nitrogens with two attached hydrogens (primary N) is 1. The molecule has 0 saturated heterocycles. The van der Waals surface area contributed by atoms with Crippen molar-refractivity contribution in [3.05, 3.63) is 29.3 Å². The van der Waals surface area contributed by atoms with E-state index in [2.05, 4.69) is 5.32 Å². The molecule has 0 saturated carbocycles. The molecule has 0 fully saturated rings. The molecule has 0 aliphatic rings. The van der Waals surface area contributed by atoms with Crippen LogP contribution in [0, 0.1) is 5.41 Å². The summed E-state index contributed by atoms with van der Waals surface area (Å²) in [5, 5.41) is 3.35. The number of ether oxygens (including phenoxy) is 1. The van der Waals surface area contributed by atoms with Crippen molar-refractivity contribution in [2.75, 3.05) is 13.2 Å². The lowest BCUT2D eigenvalue weighted by Crippen LogP contribution is -2.42. The average molecular weight is 301 g/mol. The first-order chi connectivity index (χ1) is 8.81. The standard InChI is InChI=1S/C13H17ClN2O2S/c1-13(2,12(15)19)8-16-11(17)7-18-10-5-3-9(14)4-6-10/h3-6H,7-8H2,1-2H3,(H2,15,19)(H,16,17). The Morgan fingerprint density at radius 1 is 1.42 bits per heavy atom.